The first-order valence-corrected chi connectivity index (χ1v) is 9.55. The van der Waals surface area contributed by atoms with Crippen LogP contribution >= 0.6 is 27.3 Å². The number of aromatic nitrogens is 2. The Morgan fingerprint density at radius 3 is 2.52 bits per heavy atom. The summed E-state index contributed by atoms with van der Waals surface area (Å²) < 4.78 is 1.02. The van der Waals surface area contributed by atoms with Crippen LogP contribution in [0.25, 0.3) is 21.3 Å². The first-order chi connectivity index (χ1) is 12.1. The van der Waals surface area contributed by atoms with Crippen molar-refractivity contribution in [2.45, 2.75) is 13.3 Å². The number of H-pyrrole nitrogens is 1. The van der Waals surface area contributed by atoms with Crippen molar-refractivity contribution in [3.05, 3.63) is 85.7 Å². The minimum Gasteiger partial charge on any atom is -0.310 e. The lowest BCUT2D eigenvalue weighted by atomic mass is 10.0. The third-order valence-electron chi connectivity index (χ3n) is 4.13. The molecule has 0 bridgehead atoms. The zero-order valence-corrected chi connectivity index (χ0v) is 15.9. The summed E-state index contributed by atoms with van der Waals surface area (Å²) in [6.45, 7) is 2.04. The van der Waals surface area contributed by atoms with Crippen molar-refractivity contribution in [3.8, 4) is 11.1 Å². The quantitative estimate of drug-likeness (QED) is 0.497. The van der Waals surface area contributed by atoms with Crippen LogP contribution in [0.2, 0.25) is 0 Å². The summed E-state index contributed by atoms with van der Waals surface area (Å²) in [6, 6.07) is 18.1. The Bertz CT molecular complexity index is 1100. The zero-order valence-electron chi connectivity index (χ0n) is 13.5. The third kappa shape index (κ3) is 3.17. The maximum atomic E-state index is 12.8. The average molecular weight is 411 g/mol. The van der Waals surface area contributed by atoms with Crippen LogP contribution in [-0.2, 0) is 6.42 Å². The molecule has 0 aliphatic carbocycles. The maximum absolute atomic E-state index is 12.8. The van der Waals surface area contributed by atoms with Crippen molar-refractivity contribution in [2.75, 3.05) is 0 Å². The molecule has 0 spiro atoms. The highest BCUT2D eigenvalue weighted by atomic mass is 79.9. The standard InChI is InChI=1S/C20H15BrN2OS/c1-12-17(14-7-9-15(21)10-8-14)18-19(24)22-16(23-20(18)25-12)11-13-5-3-2-4-6-13/h2-10H,11H2,1H3,(H,22,23,24). The summed E-state index contributed by atoms with van der Waals surface area (Å²) in [4.78, 5) is 22.3. The number of hydrogen-bond donors (Lipinski definition) is 1. The molecule has 0 atom stereocenters. The van der Waals surface area contributed by atoms with Crippen molar-refractivity contribution in [1.82, 2.24) is 9.97 Å². The van der Waals surface area contributed by atoms with Gasteiger partial charge in [0.2, 0.25) is 0 Å². The van der Waals surface area contributed by atoms with Gasteiger partial charge in [-0.2, -0.15) is 0 Å². The van der Waals surface area contributed by atoms with Gasteiger partial charge in [-0.1, -0.05) is 58.4 Å². The summed E-state index contributed by atoms with van der Waals surface area (Å²) in [5.41, 5.74) is 3.08. The molecule has 0 fully saturated rings. The number of rotatable bonds is 3. The van der Waals surface area contributed by atoms with E-state index in [1.54, 1.807) is 11.3 Å². The number of benzene rings is 2. The molecular formula is C20H15BrN2OS. The molecular weight excluding hydrogens is 396 g/mol. The van der Waals surface area contributed by atoms with E-state index in [1.807, 2.05) is 61.5 Å². The molecule has 2 aromatic heterocycles. The number of aryl methyl sites for hydroxylation is 1. The first kappa shape index (κ1) is 16.2. The van der Waals surface area contributed by atoms with E-state index >= 15 is 0 Å². The maximum Gasteiger partial charge on any atom is 0.260 e. The van der Waals surface area contributed by atoms with E-state index in [2.05, 4.69) is 20.9 Å². The van der Waals surface area contributed by atoms with Crippen LogP contribution in [-0.4, -0.2) is 9.97 Å². The Morgan fingerprint density at radius 2 is 1.80 bits per heavy atom. The first-order valence-electron chi connectivity index (χ1n) is 7.94. The molecule has 4 aromatic rings. The van der Waals surface area contributed by atoms with Gasteiger partial charge in [0.05, 0.1) is 5.39 Å². The molecule has 124 valence electrons. The van der Waals surface area contributed by atoms with E-state index in [0.717, 1.165) is 30.9 Å². The number of thiophene rings is 1. The average Bonchev–Trinajstić information content (AvgIpc) is 2.93. The van der Waals surface area contributed by atoms with E-state index in [1.165, 1.54) is 0 Å². The van der Waals surface area contributed by atoms with Crippen molar-refractivity contribution in [1.29, 1.82) is 0 Å². The van der Waals surface area contributed by atoms with Crippen molar-refractivity contribution in [2.24, 2.45) is 0 Å². The van der Waals surface area contributed by atoms with Gasteiger partial charge in [0.1, 0.15) is 10.7 Å². The largest absolute Gasteiger partial charge is 0.310 e. The Morgan fingerprint density at radius 1 is 1.08 bits per heavy atom. The van der Waals surface area contributed by atoms with Crippen molar-refractivity contribution >= 4 is 37.5 Å². The molecule has 2 aromatic carbocycles. The lowest BCUT2D eigenvalue weighted by Gasteiger charge is -2.04. The smallest absolute Gasteiger partial charge is 0.260 e. The predicted molar refractivity (Wildman–Crippen MR) is 107 cm³/mol. The summed E-state index contributed by atoms with van der Waals surface area (Å²) in [5.74, 6) is 0.701. The van der Waals surface area contributed by atoms with E-state index in [9.17, 15) is 4.79 Å². The van der Waals surface area contributed by atoms with Crippen LogP contribution in [0.4, 0.5) is 0 Å². The molecule has 2 heterocycles. The molecule has 25 heavy (non-hydrogen) atoms. The number of fused-ring (bicyclic) bond motifs is 1. The highest BCUT2D eigenvalue weighted by molar-refractivity contribution is 9.10. The number of aromatic amines is 1. The second-order valence-electron chi connectivity index (χ2n) is 5.90. The van der Waals surface area contributed by atoms with Crippen molar-refractivity contribution < 1.29 is 0 Å². The van der Waals surface area contributed by atoms with E-state index in [-0.39, 0.29) is 5.56 Å². The summed E-state index contributed by atoms with van der Waals surface area (Å²) >= 11 is 5.03. The molecule has 0 saturated carbocycles. The fourth-order valence-corrected chi connectivity index (χ4v) is 4.33. The molecule has 1 N–H and O–H groups in total. The second kappa shape index (κ2) is 6.58. The zero-order chi connectivity index (χ0) is 17.4. The van der Waals surface area contributed by atoms with Gasteiger partial charge >= 0.3 is 0 Å². The molecule has 0 radical (unpaired) electrons. The van der Waals surface area contributed by atoms with Crippen LogP contribution in [0.3, 0.4) is 0 Å². The topological polar surface area (TPSA) is 45.8 Å². The number of halogens is 1. The molecule has 0 aliphatic heterocycles. The lowest BCUT2D eigenvalue weighted by Crippen LogP contribution is -2.11. The fraction of sp³-hybridized carbons (Fsp3) is 0.100. The number of nitrogens with zero attached hydrogens (tertiary/aromatic N) is 1. The molecule has 3 nitrogen and oxygen atoms in total. The molecule has 5 heteroatoms. The second-order valence-corrected chi connectivity index (χ2v) is 8.01. The van der Waals surface area contributed by atoms with Gasteiger partial charge in [-0.25, -0.2) is 4.98 Å². The summed E-state index contributed by atoms with van der Waals surface area (Å²) in [7, 11) is 0. The molecule has 0 aliphatic rings. The van der Waals surface area contributed by atoms with Gasteiger partial charge in [0, 0.05) is 21.3 Å². The minimum absolute atomic E-state index is 0.0711. The SMILES string of the molecule is Cc1sc2nc(Cc3ccccc3)[nH]c(=O)c2c1-c1ccc(Br)cc1. The van der Waals surface area contributed by atoms with Gasteiger partial charge in [0.25, 0.3) is 5.56 Å². The highest BCUT2D eigenvalue weighted by Gasteiger charge is 2.16. The summed E-state index contributed by atoms with van der Waals surface area (Å²) in [6.07, 6.45) is 0.622. The molecule has 0 amide bonds. The van der Waals surface area contributed by atoms with Crippen LogP contribution in [0.15, 0.2) is 63.9 Å². The van der Waals surface area contributed by atoms with Crippen LogP contribution in [0, 0.1) is 6.92 Å². The monoisotopic (exact) mass is 410 g/mol. The minimum atomic E-state index is -0.0711. The number of hydrogen-bond acceptors (Lipinski definition) is 3. The Labute approximate surface area is 157 Å². The van der Waals surface area contributed by atoms with Crippen LogP contribution in [0.1, 0.15) is 16.3 Å². The van der Waals surface area contributed by atoms with Gasteiger partial charge in [-0.05, 0) is 30.2 Å². The normalized spacial score (nSPS) is 11.1. The van der Waals surface area contributed by atoms with Crippen molar-refractivity contribution in [3.63, 3.8) is 0 Å². The highest BCUT2D eigenvalue weighted by Crippen LogP contribution is 2.36. The van der Waals surface area contributed by atoms with Crippen LogP contribution < -0.4 is 5.56 Å². The van der Waals surface area contributed by atoms with Gasteiger partial charge in [-0.3, -0.25) is 4.79 Å². The Balaban J connectivity index is 1.84. The van der Waals surface area contributed by atoms with E-state index in [4.69, 9.17) is 4.98 Å². The number of nitrogens with one attached hydrogen (secondary N) is 1. The molecule has 0 saturated heterocycles. The van der Waals surface area contributed by atoms with Gasteiger partial charge in [0.15, 0.2) is 0 Å². The Kier molecular flexibility index (Phi) is 4.27. The molecule has 0 unspecified atom stereocenters. The van der Waals surface area contributed by atoms with E-state index in [0.29, 0.717) is 17.6 Å². The fourth-order valence-electron chi connectivity index (χ4n) is 3.00. The predicted octanol–water partition coefficient (Wildman–Crippen LogP) is 5.31. The lowest BCUT2D eigenvalue weighted by molar-refractivity contribution is 0.977. The Hall–Kier alpha value is -2.24. The van der Waals surface area contributed by atoms with Gasteiger partial charge < -0.3 is 4.98 Å². The molecule has 4 rings (SSSR count). The summed E-state index contributed by atoms with van der Waals surface area (Å²) in [5, 5.41) is 0.682. The van der Waals surface area contributed by atoms with Crippen LogP contribution in [0.5, 0.6) is 0 Å². The van der Waals surface area contributed by atoms with E-state index < -0.39 is 0 Å². The van der Waals surface area contributed by atoms with Gasteiger partial charge in [-0.15, -0.1) is 11.3 Å². The third-order valence-corrected chi connectivity index (χ3v) is 5.66.